The first-order valence-electron chi connectivity index (χ1n) is 5.26. The van der Waals surface area contributed by atoms with Crippen molar-refractivity contribution >= 4 is 5.97 Å². The van der Waals surface area contributed by atoms with Gasteiger partial charge in [-0.3, -0.25) is 0 Å². The van der Waals surface area contributed by atoms with Gasteiger partial charge in [0.15, 0.2) is 0 Å². The lowest BCUT2D eigenvalue weighted by atomic mass is 9.89. The number of methoxy groups -OCH3 is 1. The predicted octanol–water partition coefficient (Wildman–Crippen LogP) is 2.84. The van der Waals surface area contributed by atoms with Crippen LogP contribution in [0.3, 0.4) is 0 Å². The molecular formula is C12H18O2. The molecule has 1 fully saturated rings. The number of carbonyl (C=O) groups is 1. The van der Waals surface area contributed by atoms with E-state index in [1.165, 1.54) is 39.2 Å². The number of rotatable bonds is 2. The van der Waals surface area contributed by atoms with Crippen molar-refractivity contribution in [3.8, 4) is 0 Å². The normalized spacial score (nSPS) is 17.0. The fourth-order valence-corrected chi connectivity index (χ4v) is 1.76. The summed E-state index contributed by atoms with van der Waals surface area (Å²) >= 11 is 0. The zero-order valence-electron chi connectivity index (χ0n) is 9.01. The molecule has 1 saturated carbocycles. The molecule has 0 spiro atoms. The van der Waals surface area contributed by atoms with E-state index in [9.17, 15) is 4.79 Å². The molecule has 0 unspecified atom stereocenters. The van der Waals surface area contributed by atoms with Crippen LogP contribution in [0, 0.1) is 5.92 Å². The summed E-state index contributed by atoms with van der Waals surface area (Å²) in [6.07, 6.45) is 8.47. The van der Waals surface area contributed by atoms with Gasteiger partial charge in [0.2, 0.25) is 0 Å². The molecule has 0 aromatic rings. The second kappa shape index (κ2) is 5.66. The minimum atomic E-state index is -0.281. The Balaban J connectivity index is 2.54. The Morgan fingerprint density at radius 3 is 2.57 bits per heavy atom. The molecule has 2 nitrogen and oxygen atoms in total. The smallest absolute Gasteiger partial charge is 0.341 e. The predicted molar refractivity (Wildman–Crippen MR) is 55.9 cm³/mol. The van der Waals surface area contributed by atoms with Gasteiger partial charge in [-0.25, -0.2) is 4.79 Å². The van der Waals surface area contributed by atoms with Gasteiger partial charge in [0.1, 0.15) is 0 Å². The second-order valence-electron chi connectivity index (χ2n) is 3.83. The van der Waals surface area contributed by atoms with Gasteiger partial charge >= 0.3 is 5.97 Å². The summed E-state index contributed by atoms with van der Waals surface area (Å²) in [6.45, 7) is 1.74. The number of hydrogen-bond acceptors (Lipinski definition) is 2. The van der Waals surface area contributed by atoms with Crippen molar-refractivity contribution in [1.82, 2.24) is 0 Å². The minimum absolute atomic E-state index is 0.281. The molecule has 1 aliphatic carbocycles. The highest BCUT2D eigenvalue weighted by Gasteiger charge is 2.09. The van der Waals surface area contributed by atoms with E-state index in [-0.39, 0.29) is 5.97 Å². The molecule has 0 atom stereocenters. The van der Waals surface area contributed by atoms with E-state index in [1.54, 1.807) is 6.92 Å². The fraction of sp³-hybridized carbons (Fsp3) is 0.667. The average molecular weight is 194 g/mol. The molecule has 0 amide bonds. The highest BCUT2D eigenvalue weighted by Crippen LogP contribution is 2.24. The van der Waals surface area contributed by atoms with Crippen LogP contribution in [-0.4, -0.2) is 13.1 Å². The van der Waals surface area contributed by atoms with Crippen molar-refractivity contribution in [2.75, 3.05) is 7.11 Å². The molecule has 0 radical (unpaired) electrons. The van der Waals surface area contributed by atoms with E-state index in [4.69, 9.17) is 0 Å². The maximum absolute atomic E-state index is 11.0. The Morgan fingerprint density at radius 1 is 1.36 bits per heavy atom. The van der Waals surface area contributed by atoms with Crippen molar-refractivity contribution in [3.63, 3.8) is 0 Å². The van der Waals surface area contributed by atoms with Gasteiger partial charge in [-0.2, -0.15) is 0 Å². The molecule has 0 bridgehead atoms. The summed E-state index contributed by atoms with van der Waals surface area (Å²) in [7, 11) is 1.40. The Bertz CT molecular complexity index is 253. The summed E-state index contributed by atoms with van der Waals surface area (Å²) < 4.78 is 4.59. The van der Waals surface area contributed by atoms with Crippen LogP contribution in [0.1, 0.15) is 39.0 Å². The maximum Gasteiger partial charge on any atom is 0.341 e. The number of ether oxygens (including phenoxy) is 1. The summed E-state index contributed by atoms with van der Waals surface area (Å²) in [5.41, 5.74) is 3.59. The average Bonchev–Trinajstić information content (AvgIpc) is 2.26. The zero-order chi connectivity index (χ0) is 10.4. The molecule has 0 heterocycles. The first-order valence-corrected chi connectivity index (χ1v) is 5.26. The van der Waals surface area contributed by atoms with Crippen molar-refractivity contribution in [2.24, 2.45) is 5.92 Å². The van der Waals surface area contributed by atoms with E-state index in [2.05, 4.69) is 10.5 Å². The van der Waals surface area contributed by atoms with E-state index >= 15 is 0 Å². The van der Waals surface area contributed by atoms with E-state index in [1.807, 2.05) is 6.08 Å². The van der Waals surface area contributed by atoms with Crippen LogP contribution >= 0.6 is 0 Å². The van der Waals surface area contributed by atoms with Gasteiger partial charge in [-0.05, 0) is 31.8 Å². The molecule has 2 heteroatoms. The van der Waals surface area contributed by atoms with Crippen LogP contribution in [0.5, 0.6) is 0 Å². The van der Waals surface area contributed by atoms with Gasteiger partial charge in [-0.15, -0.1) is 5.73 Å². The lowest BCUT2D eigenvalue weighted by Gasteiger charge is -2.16. The Kier molecular flexibility index (Phi) is 4.48. The highest BCUT2D eigenvalue weighted by molar-refractivity contribution is 5.87. The Morgan fingerprint density at radius 2 is 2.00 bits per heavy atom. The Hall–Kier alpha value is -1.01. The third kappa shape index (κ3) is 3.39. The molecule has 0 aromatic heterocycles. The third-order valence-corrected chi connectivity index (χ3v) is 2.68. The number of carbonyl (C=O) groups excluding carboxylic acids is 1. The molecule has 0 aromatic carbocycles. The standard InChI is InChI=1S/C12H18O2/c1-10(12(13)14-2)8-9-11-6-4-3-5-7-11/h9,11H,3-7H2,1-2H3. The molecule has 1 rings (SSSR count). The fourth-order valence-electron chi connectivity index (χ4n) is 1.76. The summed E-state index contributed by atoms with van der Waals surface area (Å²) in [5.74, 6) is 0.334. The van der Waals surface area contributed by atoms with Crippen molar-refractivity contribution in [2.45, 2.75) is 39.0 Å². The lowest BCUT2D eigenvalue weighted by Crippen LogP contribution is -2.03. The van der Waals surface area contributed by atoms with Crippen LogP contribution in [0.4, 0.5) is 0 Å². The number of hydrogen-bond donors (Lipinski definition) is 0. The minimum Gasteiger partial charge on any atom is -0.465 e. The first kappa shape index (κ1) is 11.1. The van der Waals surface area contributed by atoms with Gasteiger partial charge in [0.05, 0.1) is 12.7 Å². The van der Waals surface area contributed by atoms with Crippen molar-refractivity contribution < 1.29 is 9.53 Å². The van der Waals surface area contributed by atoms with Crippen molar-refractivity contribution in [1.29, 1.82) is 0 Å². The quantitative estimate of drug-likeness (QED) is 0.384. The SMILES string of the molecule is COC(=O)C(C)=C=CC1CCCCC1. The van der Waals surface area contributed by atoms with Crippen LogP contribution in [0.15, 0.2) is 17.4 Å². The zero-order valence-corrected chi connectivity index (χ0v) is 9.01. The first-order chi connectivity index (χ1) is 6.74. The van der Waals surface area contributed by atoms with Gasteiger partial charge < -0.3 is 4.74 Å². The summed E-state index contributed by atoms with van der Waals surface area (Å²) in [4.78, 5) is 11.0. The molecule has 0 N–H and O–H groups in total. The highest BCUT2D eigenvalue weighted by atomic mass is 16.5. The van der Waals surface area contributed by atoms with Gasteiger partial charge in [0.25, 0.3) is 0 Å². The Labute approximate surface area is 85.6 Å². The van der Waals surface area contributed by atoms with Crippen LogP contribution < -0.4 is 0 Å². The van der Waals surface area contributed by atoms with E-state index < -0.39 is 0 Å². The second-order valence-corrected chi connectivity index (χ2v) is 3.83. The molecule has 0 saturated heterocycles. The molecule has 0 aliphatic heterocycles. The van der Waals surface area contributed by atoms with E-state index in [0.717, 1.165) is 0 Å². The molecule has 14 heavy (non-hydrogen) atoms. The lowest BCUT2D eigenvalue weighted by molar-refractivity contribution is -0.136. The molecular weight excluding hydrogens is 176 g/mol. The monoisotopic (exact) mass is 194 g/mol. The molecule has 78 valence electrons. The summed E-state index contributed by atoms with van der Waals surface area (Å²) in [5, 5.41) is 0. The van der Waals surface area contributed by atoms with Crippen LogP contribution in [-0.2, 0) is 9.53 Å². The van der Waals surface area contributed by atoms with Gasteiger partial charge in [-0.1, -0.05) is 19.3 Å². The van der Waals surface area contributed by atoms with Crippen molar-refractivity contribution in [3.05, 3.63) is 17.4 Å². The number of esters is 1. The van der Waals surface area contributed by atoms with Gasteiger partial charge in [0, 0.05) is 0 Å². The maximum atomic E-state index is 11.0. The summed E-state index contributed by atoms with van der Waals surface area (Å²) in [6, 6.07) is 0. The van der Waals surface area contributed by atoms with Crippen LogP contribution in [0.2, 0.25) is 0 Å². The largest absolute Gasteiger partial charge is 0.465 e. The molecule has 1 aliphatic rings. The topological polar surface area (TPSA) is 26.3 Å². The third-order valence-electron chi connectivity index (χ3n) is 2.68. The van der Waals surface area contributed by atoms with E-state index in [0.29, 0.717) is 11.5 Å². The van der Waals surface area contributed by atoms with Crippen LogP contribution in [0.25, 0.3) is 0 Å².